The van der Waals surface area contributed by atoms with E-state index in [2.05, 4.69) is 38.2 Å². The lowest BCUT2D eigenvalue weighted by molar-refractivity contribution is 0.138. The van der Waals surface area contributed by atoms with Crippen LogP contribution in [0.4, 0.5) is 0 Å². The Morgan fingerprint density at radius 2 is 1.95 bits per heavy atom. The first-order valence-electron chi connectivity index (χ1n) is 7.98. The molecule has 1 aromatic rings. The van der Waals surface area contributed by atoms with Crippen LogP contribution in [0.3, 0.4) is 0 Å². The summed E-state index contributed by atoms with van der Waals surface area (Å²) in [7, 11) is 0. The number of nitrogens with one attached hydrogen (secondary N) is 1. The number of halogens is 1. The van der Waals surface area contributed by atoms with Crippen molar-refractivity contribution in [3.05, 3.63) is 34.9 Å². The number of hydrogen-bond donors (Lipinski definition) is 1. The van der Waals surface area contributed by atoms with Gasteiger partial charge in [0.15, 0.2) is 0 Å². The van der Waals surface area contributed by atoms with Crippen molar-refractivity contribution >= 4 is 11.6 Å². The maximum atomic E-state index is 6.30. The predicted octanol–water partition coefficient (Wildman–Crippen LogP) is 4.70. The van der Waals surface area contributed by atoms with Gasteiger partial charge in [0.25, 0.3) is 0 Å². The number of ether oxygens (including phenoxy) is 1. The van der Waals surface area contributed by atoms with Crippen molar-refractivity contribution in [1.29, 1.82) is 0 Å². The summed E-state index contributed by atoms with van der Waals surface area (Å²) in [4.78, 5) is 0. The van der Waals surface area contributed by atoms with E-state index in [0.717, 1.165) is 44.0 Å². The Labute approximate surface area is 135 Å². The average molecular weight is 312 g/mol. The van der Waals surface area contributed by atoms with E-state index in [9.17, 15) is 0 Å². The van der Waals surface area contributed by atoms with E-state index in [1.165, 1.54) is 5.56 Å². The summed E-state index contributed by atoms with van der Waals surface area (Å²) in [5.74, 6) is 0.588. The molecule has 0 bridgehead atoms. The summed E-state index contributed by atoms with van der Waals surface area (Å²) in [6, 6.07) is 8.17. The van der Waals surface area contributed by atoms with Crippen LogP contribution >= 0.6 is 11.6 Å². The minimum absolute atomic E-state index is 0.151. The molecule has 0 fully saturated rings. The minimum atomic E-state index is 0.151. The molecule has 120 valence electrons. The third kappa shape index (κ3) is 8.45. The second kappa shape index (κ2) is 9.45. The highest BCUT2D eigenvalue weighted by Crippen LogP contribution is 2.21. The van der Waals surface area contributed by atoms with E-state index < -0.39 is 0 Å². The molecule has 0 aliphatic carbocycles. The Morgan fingerprint density at radius 3 is 2.57 bits per heavy atom. The smallest absolute Gasteiger partial charge is 0.0466 e. The molecule has 0 aliphatic rings. The van der Waals surface area contributed by atoms with Gasteiger partial charge in [0.1, 0.15) is 0 Å². The molecule has 0 aromatic heterocycles. The molecule has 0 radical (unpaired) electrons. The van der Waals surface area contributed by atoms with Crippen LogP contribution in [0, 0.1) is 5.92 Å². The highest BCUT2D eigenvalue weighted by Gasteiger charge is 2.15. The first-order valence-corrected chi connectivity index (χ1v) is 8.36. The van der Waals surface area contributed by atoms with E-state index in [0.29, 0.717) is 5.92 Å². The molecular weight excluding hydrogens is 282 g/mol. The van der Waals surface area contributed by atoms with Crippen molar-refractivity contribution in [1.82, 2.24) is 5.32 Å². The van der Waals surface area contributed by atoms with Gasteiger partial charge in [-0.05, 0) is 71.0 Å². The lowest BCUT2D eigenvalue weighted by Gasteiger charge is -2.25. The number of rotatable bonds is 9. The summed E-state index contributed by atoms with van der Waals surface area (Å²) < 4.78 is 5.46. The third-order valence-corrected chi connectivity index (χ3v) is 3.86. The predicted molar refractivity (Wildman–Crippen MR) is 92.1 cm³/mol. The van der Waals surface area contributed by atoms with Gasteiger partial charge in [0.05, 0.1) is 0 Å². The monoisotopic (exact) mass is 311 g/mol. The summed E-state index contributed by atoms with van der Waals surface area (Å²) in [6.45, 7) is 11.3. The Bertz CT molecular complexity index is 400. The molecule has 1 rings (SSSR count). The van der Waals surface area contributed by atoms with Crippen molar-refractivity contribution < 1.29 is 4.74 Å². The Hall–Kier alpha value is -0.570. The van der Waals surface area contributed by atoms with Crippen LogP contribution in [-0.4, -0.2) is 25.3 Å². The fraction of sp³-hybridized carbons (Fsp3) is 0.667. The van der Waals surface area contributed by atoms with Crippen molar-refractivity contribution in [3.8, 4) is 0 Å². The molecule has 1 N–H and O–H groups in total. The Kier molecular flexibility index (Phi) is 8.31. The lowest BCUT2D eigenvalue weighted by atomic mass is 9.93. The first kappa shape index (κ1) is 18.5. The number of hydrogen-bond acceptors (Lipinski definition) is 2. The van der Waals surface area contributed by atoms with E-state index in [1.54, 1.807) is 0 Å². The van der Waals surface area contributed by atoms with E-state index >= 15 is 0 Å². The zero-order valence-electron chi connectivity index (χ0n) is 13.9. The molecular formula is C18H30ClNO. The highest BCUT2D eigenvalue weighted by molar-refractivity contribution is 6.31. The molecule has 0 aliphatic heterocycles. The molecule has 0 spiro atoms. The zero-order valence-corrected chi connectivity index (χ0v) is 14.7. The molecule has 0 heterocycles. The zero-order chi connectivity index (χ0) is 15.7. The highest BCUT2D eigenvalue weighted by atomic mass is 35.5. The van der Waals surface area contributed by atoms with Gasteiger partial charge in [-0.3, -0.25) is 0 Å². The molecule has 0 saturated carbocycles. The van der Waals surface area contributed by atoms with Gasteiger partial charge in [0.2, 0.25) is 0 Å². The molecule has 3 heteroatoms. The van der Waals surface area contributed by atoms with Gasteiger partial charge in [-0.25, -0.2) is 0 Å². The summed E-state index contributed by atoms with van der Waals surface area (Å²) in [6.07, 6.45) is 3.29. The van der Waals surface area contributed by atoms with Crippen LogP contribution in [0.5, 0.6) is 0 Å². The van der Waals surface area contributed by atoms with Gasteiger partial charge in [0, 0.05) is 23.8 Å². The van der Waals surface area contributed by atoms with E-state index in [-0.39, 0.29) is 5.54 Å². The normalized spacial score (nSPS) is 13.4. The van der Waals surface area contributed by atoms with E-state index in [4.69, 9.17) is 16.3 Å². The van der Waals surface area contributed by atoms with Crippen LogP contribution < -0.4 is 5.32 Å². The lowest BCUT2D eigenvalue weighted by Crippen LogP contribution is -2.39. The Morgan fingerprint density at radius 1 is 1.24 bits per heavy atom. The van der Waals surface area contributed by atoms with Crippen molar-refractivity contribution in [2.75, 3.05) is 19.8 Å². The topological polar surface area (TPSA) is 21.3 Å². The van der Waals surface area contributed by atoms with Crippen molar-refractivity contribution in [3.63, 3.8) is 0 Å². The summed E-state index contributed by atoms with van der Waals surface area (Å²) >= 11 is 6.30. The van der Waals surface area contributed by atoms with Crippen LogP contribution in [0.15, 0.2) is 24.3 Å². The molecule has 2 nitrogen and oxygen atoms in total. The maximum absolute atomic E-state index is 6.30. The molecule has 1 aromatic carbocycles. The molecule has 0 amide bonds. The van der Waals surface area contributed by atoms with E-state index in [1.807, 2.05) is 19.1 Å². The Balaban J connectivity index is 2.56. The van der Waals surface area contributed by atoms with Crippen molar-refractivity contribution in [2.24, 2.45) is 5.92 Å². The molecule has 1 atom stereocenters. The van der Waals surface area contributed by atoms with Gasteiger partial charge in [-0.2, -0.15) is 0 Å². The van der Waals surface area contributed by atoms with Gasteiger partial charge < -0.3 is 10.1 Å². The van der Waals surface area contributed by atoms with Crippen LogP contribution in [0.25, 0.3) is 0 Å². The van der Waals surface area contributed by atoms with Crippen LogP contribution in [-0.2, 0) is 11.2 Å². The van der Waals surface area contributed by atoms with Crippen LogP contribution in [0.1, 0.15) is 46.1 Å². The fourth-order valence-corrected chi connectivity index (χ4v) is 2.53. The van der Waals surface area contributed by atoms with Crippen molar-refractivity contribution in [2.45, 2.75) is 52.5 Å². The first-order chi connectivity index (χ1) is 9.92. The second-order valence-corrected chi connectivity index (χ2v) is 7.04. The summed E-state index contributed by atoms with van der Waals surface area (Å²) in [5.41, 5.74) is 1.40. The maximum Gasteiger partial charge on any atom is 0.0466 e. The second-order valence-electron chi connectivity index (χ2n) is 6.63. The molecule has 21 heavy (non-hydrogen) atoms. The summed E-state index contributed by atoms with van der Waals surface area (Å²) in [5, 5.41) is 4.50. The van der Waals surface area contributed by atoms with Gasteiger partial charge in [-0.1, -0.05) is 29.8 Å². The quantitative estimate of drug-likeness (QED) is 0.667. The SMILES string of the molecule is CCOCCCC(CNC(C)(C)C)Cc1ccccc1Cl. The van der Waals surface area contributed by atoms with Crippen LogP contribution in [0.2, 0.25) is 5.02 Å². The van der Waals surface area contributed by atoms with Gasteiger partial charge in [-0.15, -0.1) is 0 Å². The fourth-order valence-electron chi connectivity index (χ4n) is 2.32. The molecule has 0 saturated heterocycles. The minimum Gasteiger partial charge on any atom is -0.382 e. The third-order valence-electron chi connectivity index (χ3n) is 3.49. The number of benzene rings is 1. The molecule has 1 unspecified atom stereocenters. The average Bonchev–Trinajstić information content (AvgIpc) is 2.42. The largest absolute Gasteiger partial charge is 0.382 e. The van der Waals surface area contributed by atoms with Gasteiger partial charge >= 0.3 is 0 Å². The standard InChI is InChI=1S/C18H30ClNO/c1-5-21-12-8-9-15(14-20-18(2,3)4)13-16-10-6-7-11-17(16)19/h6-7,10-11,15,20H,5,8-9,12-14H2,1-4H3.